The number of hydrogen-bond donors (Lipinski definition) is 5. The number of rotatable bonds is 10. The number of pyridine rings is 1. The molecule has 0 aliphatic carbocycles. The van der Waals surface area contributed by atoms with Gasteiger partial charge in [-0.1, -0.05) is 39.0 Å². The SMILES string of the molecule is CC[C@H]1OC(=O)[C@H](C)[C@@H](O[C@H]2C[C@@](C)(OC)[C@@H](O)[C@H](C)O2)[C@H](C)[C@@H](O[C@@H]2O[C@H](C)C[C@H](N(C)C/C=C/c3cccnc3)[C@H]2O)[C@](C)(O)C[C@@H](C)CN(C)[C@H](C)[C@@H](O)[C@]1(C)O. The molecular weight excluding hydrogens is 775 g/mol. The first kappa shape index (κ1) is 50.5. The highest BCUT2D eigenvalue weighted by Crippen LogP contribution is 2.40. The molecule has 1 aromatic heterocycles. The van der Waals surface area contributed by atoms with E-state index in [0.717, 1.165) is 5.56 Å². The molecule has 1 aromatic rings. The van der Waals surface area contributed by atoms with Gasteiger partial charge >= 0.3 is 5.97 Å². The normalized spacial score (nSPS) is 44.6. The van der Waals surface area contributed by atoms with Crippen molar-refractivity contribution in [3.05, 3.63) is 36.2 Å². The van der Waals surface area contributed by atoms with E-state index < -0.39 is 96.0 Å². The van der Waals surface area contributed by atoms with Gasteiger partial charge in [-0.25, -0.2) is 0 Å². The Balaban J connectivity index is 1.77. The number of aromatic nitrogens is 1. The quantitative estimate of drug-likeness (QED) is 0.215. The Morgan fingerprint density at radius 3 is 2.32 bits per heavy atom. The average Bonchev–Trinajstić information content (AvgIpc) is 3.19. The zero-order chi connectivity index (χ0) is 44.9. The molecular formula is C45H77N3O12. The Morgan fingerprint density at radius 1 is 1.02 bits per heavy atom. The van der Waals surface area contributed by atoms with Crippen LogP contribution in [0.25, 0.3) is 6.08 Å². The van der Waals surface area contributed by atoms with Gasteiger partial charge in [0.25, 0.3) is 0 Å². The standard InChI is InChI=1S/C45H77N3O12/c1-14-34-45(10,54)38(50)30(6)48(12)25-26(2)22-43(8,53)40(28(4)37(29(5)41(52)58-34)59-35-23-44(9,55-13)39(51)31(7)57-35)60-42-36(49)33(21-27(3)56-42)47(11)20-16-18-32-17-15-19-46-24-32/h15-19,24,26-31,33-40,42,49-51,53-54H,14,20-23,25H2,1-13H3/b18-16+/t26-,27-,28+,29-,30-,31+,33+,34-,35+,36-,37+,38-,39+,40-,42+,43-,44-,45-/m1/s1. The molecule has 3 aliphatic heterocycles. The van der Waals surface area contributed by atoms with Crippen molar-refractivity contribution in [1.29, 1.82) is 0 Å². The third kappa shape index (κ3) is 11.9. The number of cyclic esters (lactones) is 1. The van der Waals surface area contributed by atoms with E-state index in [1.165, 1.54) is 14.0 Å². The molecule has 60 heavy (non-hydrogen) atoms. The van der Waals surface area contributed by atoms with Gasteiger partial charge in [0.2, 0.25) is 0 Å². The fraction of sp³-hybridized carbons (Fsp3) is 0.822. The van der Waals surface area contributed by atoms with Crippen molar-refractivity contribution < 1.29 is 58.7 Å². The van der Waals surface area contributed by atoms with Crippen LogP contribution in [-0.4, -0.2) is 171 Å². The second kappa shape index (κ2) is 21.0. The maximum atomic E-state index is 14.4. The highest BCUT2D eigenvalue weighted by Gasteiger charge is 2.52. The van der Waals surface area contributed by atoms with E-state index in [0.29, 0.717) is 19.5 Å². The van der Waals surface area contributed by atoms with Crippen LogP contribution in [0, 0.1) is 17.8 Å². The molecule has 4 heterocycles. The summed E-state index contributed by atoms with van der Waals surface area (Å²) >= 11 is 0. The van der Waals surface area contributed by atoms with Crippen LogP contribution in [0.15, 0.2) is 30.6 Å². The molecule has 15 nitrogen and oxygen atoms in total. The maximum Gasteiger partial charge on any atom is 0.311 e. The van der Waals surface area contributed by atoms with Crippen LogP contribution in [0.1, 0.15) is 100 Å². The first-order valence-corrected chi connectivity index (χ1v) is 21.8. The highest BCUT2D eigenvalue weighted by atomic mass is 16.7. The molecule has 0 aromatic carbocycles. The van der Waals surface area contributed by atoms with Gasteiger partial charge in [-0.2, -0.15) is 0 Å². The molecule has 3 saturated heterocycles. The number of hydrogen-bond acceptors (Lipinski definition) is 15. The van der Waals surface area contributed by atoms with Crippen LogP contribution in [0.2, 0.25) is 0 Å². The van der Waals surface area contributed by atoms with Gasteiger partial charge in [0.1, 0.15) is 30.0 Å². The second-order valence-electron chi connectivity index (χ2n) is 18.8. The Hall–Kier alpha value is -2.12. The number of aliphatic hydroxyl groups excluding tert-OH is 3. The van der Waals surface area contributed by atoms with Gasteiger partial charge in [0.15, 0.2) is 12.6 Å². The smallest absolute Gasteiger partial charge is 0.311 e. The fourth-order valence-electron chi connectivity index (χ4n) is 9.63. The number of esters is 1. The van der Waals surface area contributed by atoms with Gasteiger partial charge in [-0.05, 0) is 99.4 Å². The van der Waals surface area contributed by atoms with E-state index in [4.69, 9.17) is 28.4 Å². The fourth-order valence-corrected chi connectivity index (χ4v) is 9.63. The van der Waals surface area contributed by atoms with Crippen LogP contribution < -0.4 is 0 Å². The third-order valence-electron chi connectivity index (χ3n) is 13.5. The number of carbonyl (C=O) groups is 1. The molecule has 0 bridgehead atoms. The lowest BCUT2D eigenvalue weighted by Gasteiger charge is -2.49. The lowest BCUT2D eigenvalue weighted by atomic mass is 9.77. The van der Waals surface area contributed by atoms with Gasteiger partial charge in [-0.15, -0.1) is 0 Å². The lowest BCUT2D eigenvalue weighted by molar-refractivity contribution is -0.318. The molecule has 0 amide bonds. The van der Waals surface area contributed by atoms with E-state index in [1.807, 2.05) is 69.0 Å². The molecule has 0 saturated carbocycles. The van der Waals surface area contributed by atoms with Crippen LogP contribution in [0.4, 0.5) is 0 Å². The number of aliphatic hydroxyl groups is 5. The highest BCUT2D eigenvalue weighted by molar-refractivity contribution is 5.73. The van der Waals surface area contributed by atoms with Crippen LogP contribution in [0.5, 0.6) is 0 Å². The Kier molecular flexibility index (Phi) is 17.7. The van der Waals surface area contributed by atoms with Crippen molar-refractivity contribution in [3.63, 3.8) is 0 Å². The van der Waals surface area contributed by atoms with Crippen molar-refractivity contribution in [2.45, 2.75) is 185 Å². The lowest BCUT2D eigenvalue weighted by Crippen LogP contribution is -2.60. The van der Waals surface area contributed by atoms with Crippen LogP contribution >= 0.6 is 0 Å². The van der Waals surface area contributed by atoms with Crippen LogP contribution in [0.3, 0.4) is 0 Å². The predicted octanol–water partition coefficient (Wildman–Crippen LogP) is 3.38. The molecule has 5 N–H and O–H groups in total. The molecule has 4 rings (SSSR count). The number of carbonyl (C=O) groups excluding carboxylic acids is 1. The zero-order valence-corrected chi connectivity index (χ0v) is 38.3. The summed E-state index contributed by atoms with van der Waals surface area (Å²) in [5.74, 6) is -2.69. The van der Waals surface area contributed by atoms with Gasteiger partial charge < -0.3 is 58.9 Å². The minimum Gasteiger partial charge on any atom is -0.459 e. The largest absolute Gasteiger partial charge is 0.459 e. The second-order valence-corrected chi connectivity index (χ2v) is 18.8. The van der Waals surface area contributed by atoms with Crippen molar-refractivity contribution in [1.82, 2.24) is 14.8 Å². The monoisotopic (exact) mass is 852 g/mol. The first-order valence-electron chi connectivity index (χ1n) is 21.8. The van der Waals surface area contributed by atoms with E-state index in [-0.39, 0.29) is 37.3 Å². The van der Waals surface area contributed by atoms with Gasteiger partial charge in [0.05, 0.1) is 41.5 Å². The average molecular weight is 852 g/mol. The summed E-state index contributed by atoms with van der Waals surface area (Å²) in [6.07, 6.45) is -1.17. The van der Waals surface area contributed by atoms with Crippen molar-refractivity contribution in [3.8, 4) is 0 Å². The Labute approximate surface area is 358 Å². The van der Waals surface area contributed by atoms with E-state index >= 15 is 0 Å². The molecule has 0 radical (unpaired) electrons. The minimum atomic E-state index is -1.82. The molecule has 18 atom stereocenters. The number of nitrogens with zero attached hydrogens (tertiary/aromatic N) is 3. The number of likely N-dealkylation sites (N-methyl/N-ethyl adjacent to an activating group) is 2. The summed E-state index contributed by atoms with van der Waals surface area (Å²) in [4.78, 5) is 22.5. The van der Waals surface area contributed by atoms with Gasteiger partial charge in [-0.3, -0.25) is 14.7 Å². The summed E-state index contributed by atoms with van der Waals surface area (Å²) in [5.41, 5.74) is -3.50. The van der Waals surface area contributed by atoms with E-state index in [9.17, 15) is 30.3 Å². The van der Waals surface area contributed by atoms with Crippen LogP contribution in [-0.2, 0) is 33.2 Å². The van der Waals surface area contributed by atoms with Gasteiger partial charge in [0, 0.05) is 57.0 Å². The zero-order valence-electron chi connectivity index (χ0n) is 38.3. The summed E-state index contributed by atoms with van der Waals surface area (Å²) in [6, 6.07) is 2.92. The topological polar surface area (TPSA) is 193 Å². The minimum absolute atomic E-state index is 0.118. The van der Waals surface area contributed by atoms with Crippen molar-refractivity contribution in [2.75, 3.05) is 34.3 Å². The molecule has 344 valence electrons. The van der Waals surface area contributed by atoms with Crippen molar-refractivity contribution >= 4 is 12.0 Å². The Morgan fingerprint density at radius 2 is 1.70 bits per heavy atom. The van der Waals surface area contributed by atoms with E-state index in [2.05, 4.69) is 4.98 Å². The predicted molar refractivity (Wildman–Crippen MR) is 226 cm³/mol. The summed E-state index contributed by atoms with van der Waals surface area (Å²) in [7, 11) is 5.29. The molecule has 3 aliphatic rings. The first-order chi connectivity index (χ1) is 28.0. The van der Waals surface area contributed by atoms with E-state index in [1.54, 1.807) is 53.9 Å². The summed E-state index contributed by atoms with van der Waals surface area (Å²) in [5, 5.41) is 59.1. The molecule has 0 spiro atoms. The third-order valence-corrected chi connectivity index (χ3v) is 13.5. The van der Waals surface area contributed by atoms with Crippen molar-refractivity contribution in [2.24, 2.45) is 17.8 Å². The number of methoxy groups -OCH3 is 1. The summed E-state index contributed by atoms with van der Waals surface area (Å²) in [6.45, 7) is 18.6. The summed E-state index contributed by atoms with van der Waals surface area (Å²) < 4.78 is 38.0. The maximum absolute atomic E-state index is 14.4. The molecule has 15 heteroatoms. The molecule has 3 fully saturated rings. The number of ether oxygens (including phenoxy) is 6. The molecule has 0 unspecified atom stereocenters. The Bertz CT molecular complexity index is 1520.